The van der Waals surface area contributed by atoms with Crippen molar-refractivity contribution in [2.45, 2.75) is 40.2 Å². The molecule has 0 aliphatic rings. The molecule has 2 rings (SSSR count). The maximum Gasteiger partial charge on any atom is 0.266 e. The van der Waals surface area contributed by atoms with Gasteiger partial charge in [-0.05, 0) is 44.4 Å². The highest BCUT2D eigenvalue weighted by atomic mass is 16.3. The highest BCUT2D eigenvalue weighted by Crippen LogP contribution is 2.16. The van der Waals surface area contributed by atoms with Crippen molar-refractivity contribution >= 4 is 5.91 Å². The lowest BCUT2D eigenvalue weighted by molar-refractivity contribution is -0.130. The minimum atomic E-state index is -0.380. The molecule has 0 aliphatic carbocycles. The van der Waals surface area contributed by atoms with Crippen molar-refractivity contribution in [3.05, 3.63) is 56.4 Å². The van der Waals surface area contributed by atoms with Crippen LogP contribution in [0.25, 0.3) is 0 Å². The van der Waals surface area contributed by atoms with Crippen LogP contribution in [0, 0.1) is 32.1 Å². The summed E-state index contributed by atoms with van der Waals surface area (Å²) in [6.07, 6.45) is 2.40. The number of aromatic amines is 1. The van der Waals surface area contributed by atoms with E-state index in [2.05, 4.69) is 4.98 Å². The first-order chi connectivity index (χ1) is 11.3. The molecular formula is C18H21N3O3. The quantitative estimate of drug-likeness (QED) is 0.912. The number of rotatable bonds is 5. The van der Waals surface area contributed by atoms with Gasteiger partial charge in [-0.2, -0.15) is 5.26 Å². The minimum absolute atomic E-state index is 0.000826. The van der Waals surface area contributed by atoms with Gasteiger partial charge in [0.1, 0.15) is 17.4 Å². The van der Waals surface area contributed by atoms with Crippen molar-refractivity contribution in [1.29, 1.82) is 5.26 Å². The molecule has 0 atom stereocenters. The first kappa shape index (κ1) is 17.5. The maximum absolute atomic E-state index is 12.4. The lowest BCUT2D eigenvalue weighted by Crippen LogP contribution is -2.27. The number of H-pyrrole nitrogens is 1. The van der Waals surface area contributed by atoms with E-state index >= 15 is 0 Å². The van der Waals surface area contributed by atoms with Gasteiger partial charge in [-0.25, -0.2) is 0 Å². The second-order valence-corrected chi connectivity index (χ2v) is 5.92. The molecule has 2 heterocycles. The zero-order valence-corrected chi connectivity index (χ0v) is 14.4. The summed E-state index contributed by atoms with van der Waals surface area (Å²) in [5, 5.41) is 9.10. The number of hydrogen-bond acceptors (Lipinski definition) is 4. The third kappa shape index (κ3) is 3.57. The Labute approximate surface area is 140 Å². The Morgan fingerprint density at radius 2 is 2.08 bits per heavy atom. The molecule has 1 amide bonds. The second kappa shape index (κ2) is 7.18. The largest absolute Gasteiger partial charge is 0.469 e. The van der Waals surface area contributed by atoms with Crippen molar-refractivity contribution in [2.75, 3.05) is 7.05 Å². The Kier molecular flexibility index (Phi) is 5.24. The van der Waals surface area contributed by atoms with E-state index in [1.807, 2.05) is 19.1 Å². The van der Waals surface area contributed by atoms with Gasteiger partial charge in [0, 0.05) is 31.3 Å². The fraction of sp³-hybridized carbons (Fsp3) is 0.389. The van der Waals surface area contributed by atoms with Crippen LogP contribution in [-0.2, 0) is 17.8 Å². The summed E-state index contributed by atoms with van der Waals surface area (Å²) in [6.45, 7) is 5.89. The van der Waals surface area contributed by atoms with Gasteiger partial charge in [-0.15, -0.1) is 0 Å². The molecule has 0 unspecified atom stereocenters. The maximum atomic E-state index is 12.4. The third-order valence-corrected chi connectivity index (χ3v) is 4.31. The molecule has 6 heteroatoms. The Bertz CT molecular complexity index is 855. The molecule has 1 N–H and O–H groups in total. The topological polar surface area (TPSA) is 90.1 Å². The number of carbonyl (C=O) groups excluding carboxylic acids is 1. The summed E-state index contributed by atoms with van der Waals surface area (Å²) >= 11 is 0. The van der Waals surface area contributed by atoms with E-state index in [4.69, 9.17) is 9.68 Å². The van der Waals surface area contributed by atoms with Crippen LogP contribution in [0.5, 0.6) is 0 Å². The molecule has 0 spiro atoms. The number of nitriles is 1. The molecule has 0 saturated heterocycles. The highest BCUT2D eigenvalue weighted by Gasteiger charge is 2.16. The third-order valence-electron chi connectivity index (χ3n) is 4.31. The number of pyridine rings is 1. The number of furan rings is 1. The van der Waals surface area contributed by atoms with Gasteiger partial charge in [-0.1, -0.05) is 0 Å². The highest BCUT2D eigenvalue weighted by molar-refractivity contribution is 5.76. The van der Waals surface area contributed by atoms with Crippen LogP contribution in [0.15, 0.2) is 21.5 Å². The number of nitrogens with one attached hydrogen (secondary N) is 1. The summed E-state index contributed by atoms with van der Waals surface area (Å²) in [5.74, 6) is 0.805. The van der Waals surface area contributed by atoms with E-state index in [1.54, 1.807) is 32.1 Å². The second-order valence-electron chi connectivity index (χ2n) is 5.92. The van der Waals surface area contributed by atoms with Crippen LogP contribution in [0.3, 0.4) is 0 Å². The van der Waals surface area contributed by atoms with E-state index < -0.39 is 0 Å². The first-order valence-electron chi connectivity index (χ1n) is 7.74. The summed E-state index contributed by atoms with van der Waals surface area (Å²) < 4.78 is 5.24. The van der Waals surface area contributed by atoms with E-state index in [-0.39, 0.29) is 17.0 Å². The number of aromatic nitrogens is 1. The molecule has 2 aromatic rings. The summed E-state index contributed by atoms with van der Waals surface area (Å²) in [7, 11) is 1.75. The SMILES string of the molecule is Cc1[nH]c(=O)c(C#N)c(C)c1CCC(=O)N(C)Cc1ccoc1C. The van der Waals surface area contributed by atoms with Crippen LogP contribution in [0.4, 0.5) is 0 Å². The molecular weight excluding hydrogens is 306 g/mol. The molecule has 0 fully saturated rings. The number of nitrogens with zero attached hydrogens (tertiary/aromatic N) is 2. The Morgan fingerprint density at radius 1 is 1.38 bits per heavy atom. The smallest absolute Gasteiger partial charge is 0.266 e. The van der Waals surface area contributed by atoms with Crippen LogP contribution in [-0.4, -0.2) is 22.8 Å². The van der Waals surface area contributed by atoms with Crippen LogP contribution in [0.2, 0.25) is 0 Å². The van der Waals surface area contributed by atoms with Crippen molar-refractivity contribution in [3.8, 4) is 6.07 Å². The minimum Gasteiger partial charge on any atom is -0.469 e. The normalized spacial score (nSPS) is 10.5. The van der Waals surface area contributed by atoms with Crippen molar-refractivity contribution in [3.63, 3.8) is 0 Å². The molecule has 6 nitrogen and oxygen atoms in total. The average Bonchev–Trinajstić information content (AvgIpc) is 2.92. The predicted octanol–water partition coefficient (Wildman–Crippen LogP) is 2.36. The molecule has 0 saturated carbocycles. The number of carbonyl (C=O) groups is 1. The van der Waals surface area contributed by atoms with E-state index in [9.17, 15) is 9.59 Å². The van der Waals surface area contributed by atoms with Gasteiger partial charge >= 0.3 is 0 Å². The molecule has 0 bridgehead atoms. The van der Waals surface area contributed by atoms with E-state index in [0.29, 0.717) is 30.6 Å². The van der Waals surface area contributed by atoms with E-state index in [1.165, 1.54) is 0 Å². The van der Waals surface area contributed by atoms with Gasteiger partial charge in [0.25, 0.3) is 5.56 Å². The fourth-order valence-corrected chi connectivity index (χ4v) is 2.76. The summed E-state index contributed by atoms with van der Waals surface area (Å²) in [4.78, 5) is 28.4. The zero-order chi connectivity index (χ0) is 17.9. The number of aryl methyl sites for hydroxylation is 2. The Hall–Kier alpha value is -2.81. The first-order valence-corrected chi connectivity index (χ1v) is 7.74. The average molecular weight is 327 g/mol. The monoisotopic (exact) mass is 327 g/mol. The Morgan fingerprint density at radius 3 is 2.67 bits per heavy atom. The predicted molar refractivity (Wildman–Crippen MR) is 89.5 cm³/mol. The summed E-state index contributed by atoms with van der Waals surface area (Å²) in [6, 6.07) is 3.78. The van der Waals surface area contributed by atoms with Gasteiger partial charge in [0.05, 0.1) is 6.26 Å². The van der Waals surface area contributed by atoms with Gasteiger partial charge in [0.15, 0.2) is 0 Å². The van der Waals surface area contributed by atoms with E-state index in [0.717, 1.165) is 16.9 Å². The van der Waals surface area contributed by atoms with Crippen molar-refractivity contribution < 1.29 is 9.21 Å². The molecule has 0 aliphatic heterocycles. The number of hydrogen-bond donors (Lipinski definition) is 1. The lowest BCUT2D eigenvalue weighted by atomic mass is 9.99. The summed E-state index contributed by atoms with van der Waals surface area (Å²) in [5.41, 5.74) is 2.93. The standard InChI is InChI=1S/C18H21N3O3/c1-11-15(12(2)20-18(23)16(11)9-19)5-6-17(22)21(4)10-14-7-8-24-13(14)3/h7-8H,5-6,10H2,1-4H3,(H,20,23). The Balaban J connectivity index is 2.08. The number of amides is 1. The van der Waals surface area contributed by atoms with Crippen LogP contribution >= 0.6 is 0 Å². The van der Waals surface area contributed by atoms with Gasteiger partial charge < -0.3 is 14.3 Å². The van der Waals surface area contributed by atoms with Crippen LogP contribution < -0.4 is 5.56 Å². The lowest BCUT2D eigenvalue weighted by Gasteiger charge is -2.17. The van der Waals surface area contributed by atoms with Crippen LogP contribution in [0.1, 0.15) is 40.1 Å². The van der Waals surface area contributed by atoms with Crippen molar-refractivity contribution in [1.82, 2.24) is 9.88 Å². The molecule has 2 aromatic heterocycles. The van der Waals surface area contributed by atoms with Crippen molar-refractivity contribution in [2.24, 2.45) is 0 Å². The van der Waals surface area contributed by atoms with Gasteiger partial charge in [0.2, 0.25) is 5.91 Å². The molecule has 24 heavy (non-hydrogen) atoms. The van der Waals surface area contributed by atoms with Gasteiger partial charge in [-0.3, -0.25) is 9.59 Å². The molecule has 0 aromatic carbocycles. The zero-order valence-electron chi connectivity index (χ0n) is 14.4. The molecule has 0 radical (unpaired) electrons. The fourth-order valence-electron chi connectivity index (χ4n) is 2.76. The molecule has 126 valence electrons.